The van der Waals surface area contributed by atoms with E-state index in [-0.39, 0.29) is 12.1 Å². The van der Waals surface area contributed by atoms with Gasteiger partial charge >= 0.3 is 5.97 Å². The summed E-state index contributed by atoms with van der Waals surface area (Å²) in [5.74, 6) is 0.717. The Balaban J connectivity index is 2.23. The first-order chi connectivity index (χ1) is 6.22. The number of rotatable bonds is 3. The maximum Gasteiger partial charge on any atom is 0.306 e. The number of ether oxygens (including phenoxy) is 1. The molecule has 1 saturated carbocycles. The van der Waals surface area contributed by atoms with Gasteiger partial charge in [0.25, 0.3) is 0 Å². The van der Waals surface area contributed by atoms with E-state index in [0.29, 0.717) is 6.42 Å². The third kappa shape index (κ3) is 3.79. The smallest absolute Gasteiger partial charge is 0.306 e. The van der Waals surface area contributed by atoms with Crippen LogP contribution in [0.5, 0.6) is 0 Å². The normalized spacial score (nSPS) is 28.5. The molecular weight excluding hydrogens is 164 g/mol. The summed E-state index contributed by atoms with van der Waals surface area (Å²) >= 11 is 0. The maximum atomic E-state index is 11.2. The summed E-state index contributed by atoms with van der Waals surface area (Å²) < 4.78 is 5.36. The van der Waals surface area contributed by atoms with Gasteiger partial charge < -0.3 is 4.74 Å². The second-order valence-corrected chi connectivity index (χ2v) is 4.13. The molecule has 2 unspecified atom stereocenters. The van der Waals surface area contributed by atoms with Crippen LogP contribution in [0.1, 0.15) is 52.4 Å². The van der Waals surface area contributed by atoms with Gasteiger partial charge in [-0.2, -0.15) is 0 Å². The molecule has 0 aliphatic heterocycles. The fourth-order valence-electron chi connectivity index (χ4n) is 1.93. The largest absolute Gasteiger partial charge is 0.462 e. The van der Waals surface area contributed by atoms with Crippen LogP contribution < -0.4 is 0 Å². The van der Waals surface area contributed by atoms with Crippen LogP contribution in [-0.2, 0) is 9.53 Å². The van der Waals surface area contributed by atoms with Crippen molar-refractivity contribution >= 4 is 5.97 Å². The van der Waals surface area contributed by atoms with Crippen molar-refractivity contribution in [2.45, 2.75) is 58.5 Å². The summed E-state index contributed by atoms with van der Waals surface area (Å²) in [5.41, 5.74) is 0. The van der Waals surface area contributed by atoms with Gasteiger partial charge in [0.05, 0.1) is 0 Å². The Hall–Kier alpha value is -0.530. The van der Waals surface area contributed by atoms with Crippen LogP contribution in [0.25, 0.3) is 0 Å². The summed E-state index contributed by atoms with van der Waals surface area (Å²) in [6.45, 7) is 4.24. The van der Waals surface area contributed by atoms with Crippen molar-refractivity contribution in [2.24, 2.45) is 5.92 Å². The van der Waals surface area contributed by atoms with Gasteiger partial charge in [0.1, 0.15) is 6.10 Å². The molecule has 0 aromatic heterocycles. The SMILES string of the molecule is CCCC(=O)OC1CCCC(C)C1. The molecule has 0 aromatic carbocycles. The average molecular weight is 184 g/mol. The molecule has 0 N–H and O–H groups in total. The molecule has 2 nitrogen and oxygen atoms in total. The molecule has 76 valence electrons. The lowest BCUT2D eigenvalue weighted by Crippen LogP contribution is -2.24. The first-order valence-electron chi connectivity index (χ1n) is 5.41. The molecule has 0 amide bonds. The van der Waals surface area contributed by atoms with Gasteiger partial charge in [0.2, 0.25) is 0 Å². The van der Waals surface area contributed by atoms with Crippen LogP contribution in [0.4, 0.5) is 0 Å². The van der Waals surface area contributed by atoms with Crippen molar-refractivity contribution in [2.75, 3.05) is 0 Å². The van der Waals surface area contributed by atoms with E-state index in [9.17, 15) is 4.79 Å². The Labute approximate surface area is 80.7 Å². The van der Waals surface area contributed by atoms with E-state index >= 15 is 0 Å². The van der Waals surface area contributed by atoms with Crippen molar-refractivity contribution in [1.82, 2.24) is 0 Å². The van der Waals surface area contributed by atoms with E-state index in [4.69, 9.17) is 4.74 Å². The third-order valence-electron chi connectivity index (χ3n) is 2.64. The van der Waals surface area contributed by atoms with Crippen molar-refractivity contribution in [3.63, 3.8) is 0 Å². The monoisotopic (exact) mass is 184 g/mol. The minimum absolute atomic E-state index is 0.0124. The van der Waals surface area contributed by atoms with Gasteiger partial charge in [0, 0.05) is 6.42 Å². The summed E-state index contributed by atoms with van der Waals surface area (Å²) in [4.78, 5) is 11.2. The highest BCUT2D eigenvalue weighted by Gasteiger charge is 2.21. The van der Waals surface area contributed by atoms with Crippen molar-refractivity contribution in [1.29, 1.82) is 0 Å². The molecule has 1 rings (SSSR count). The molecule has 0 heterocycles. The zero-order chi connectivity index (χ0) is 9.68. The van der Waals surface area contributed by atoms with Crippen molar-refractivity contribution in [3.05, 3.63) is 0 Å². The van der Waals surface area contributed by atoms with Gasteiger partial charge in [-0.25, -0.2) is 0 Å². The molecule has 1 aliphatic carbocycles. The summed E-state index contributed by atoms with van der Waals surface area (Å²) in [5, 5.41) is 0. The van der Waals surface area contributed by atoms with Gasteiger partial charge in [-0.05, 0) is 31.6 Å². The fourth-order valence-corrected chi connectivity index (χ4v) is 1.93. The molecule has 0 spiro atoms. The molecule has 0 bridgehead atoms. The van der Waals surface area contributed by atoms with E-state index < -0.39 is 0 Å². The van der Waals surface area contributed by atoms with Crippen LogP contribution in [0, 0.1) is 5.92 Å². The minimum atomic E-state index is -0.0124. The molecule has 1 aliphatic rings. The van der Waals surface area contributed by atoms with Gasteiger partial charge in [-0.3, -0.25) is 4.79 Å². The summed E-state index contributed by atoms with van der Waals surface area (Å²) in [7, 11) is 0. The Morgan fingerprint density at radius 2 is 2.23 bits per heavy atom. The Kier molecular flexibility index (Phi) is 4.26. The molecular formula is C11H20O2. The molecule has 0 radical (unpaired) electrons. The van der Waals surface area contributed by atoms with E-state index in [1.54, 1.807) is 0 Å². The van der Waals surface area contributed by atoms with Crippen LogP contribution in [0.15, 0.2) is 0 Å². The van der Waals surface area contributed by atoms with Crippen molar-refractivity contribution in [3.8, 4) is 0 Å². The second kappa shape index (κ2) is 5.25. The first kappa shape index (κ1) is 10.6. The van der Waals surface area contributed by atoms with Crippen molar-refractivity contribution < 1.29 is 9.53 Å². The lowest BCUT2D eigenvalue weighted by molar-refractivity contribution is -0.151. The Morgan fingerprint density at radius 1 is 1.46 bits per heavy atom. The highest BCUT2D eigenvalue weighted by molar-refractivity contribution is 5.69. The predicted molar refractivity (Wildman–Crippen MR) is 52.4 cm³/mol. The molecule has 2 heteroatoms. The number of hydrogen-bond donors (Lipinski definition) is 0. The Morgan fingerprint density at radius 3 is 2.85 bits per heavy atom. The van der Waals surface area contributed by atoms with Crippen LogP contribution in [0.3, 0.4) is 0 Å². The number of hydrogen-bond acceptors (Lipinski definition) is 2. The molecule has 13 heavy (non-hydrogen) atoms. The predicted octanol–water partition coefficient (Wildman–Crippen LogP) is 2.91. The highest BCUT2D eigenvalue weighted by atomic mass is 16.5. The number of esters is 1. The molecule has 2 atom stereocenters. The van der Waals surface area contributed by atoms with E-state index in [1.165, 1.54) is 12.8 Å². The molecule has 1 fully saturated rings. The Bertz CT molecular complexity index is 165. The summed E-state index contributed by atoms with van der Waals surface area (Å²) in [6.07, 6.45) is 6.32. The lowest BCUT2D eigenvalue weighted by Gasteiger charge is -2.26. The van der Waals surface area contributed by atoms with E-state index in [2.05, 4.69) is 6.92 Å². The quantitative estimate of drug-likeness (QED) is 0.630. The van der Waals surface area contributed by atoms with Crippen LogP contribution in [-0.4, -0.2) is 12.1 Å². The zero-order valence-electron chi connectivity index (χ0n) is 8.71. The van der Waals surface area contributed by atoms with E-state index in [1.807, 2.05) is 6.92 Å². The summed E-state index contributed by atoms with van der Waals surface area (Å²) in [6, 6.07) is 0. The van der Waals surface area contributed by atoms with Crippen LogP contribution in [0.2, 0.25) is 0 Å². The van der Waals surface area contributed by atoms with Crippen LogP contribution >= 0.6 is 0 Å². The molecule has 0 saturated heterocycles. The standard InChI is InChI=1S/C11H20O2/c1-3-5-11(12)13-10-7-4-6-9(2)8-10/h9-10H,3-8H2,1-2H3. The zero-order valence-corrected chi connectivity index (χ0v) is 8.71. The topological polar surface area (TPSA) is 26.3 Å². The molecule has 0 aromatic rings. The third-order valence-corrected chi connectivity index (χ3v) is 2.64. The highest BCUT2D eigenvalue weighted by Crippen LogP contribution is 2.25. The first-order valence-corrected chi connectivity index (χ1v) is 5.41. The number of carbonyl (C=O) groups is 1. The average Bonchev–Trinajstić information content (AvgIpc) is 2.04. The maximum absolute atomic E-state index is 11.2. The lowest BCUT2D eigenvalue weighted by atomic mass is 9.89. The van der Waals surface area contributed by atoms with Gasteiger partial charge in [0.15, 0.2) is 0 Å². The number of carbonyl (C=O) groups excluding carboxylic acids is 1. The minimum Gasteiger partial charge on any atom is -0.462 e. The van der Waals surface area contributed by atoms with Gasteiger partial charge in [-0.15, -0.1) is 0 Å². The van der Waals surface area contributed by atoms with E-state index in [0.717, 1.165) is 25.2 Å². The fraction of sp³-hybridized carbons (Fsp3) is 0.909. The second-order valence-electron chi connectivity index (χ2n) is 4.13. The van der Waals surface area contributed by atoms with Gasteiger partial charge in [-0.1, -0.05) is 20.3 Å².